The van der Waals surface area contributed by atoms with Crippen molar-refractivity contribution < 1.29 is 14.3 Å². The van der Waals surface area contributed by atoms with Gasteiger partial charge in [-0.05, 0) is 23.9 Å². The van der Waals surface area contributed by atoms with Crippen LogP contribution in [0.2, 0.25) is 0 Å². The minimum atomic E-state index is -0.501. The molecule has 18 heavy (non-hydrogen) atoms. The SMILES string of the molecule is COC(=O)CC(NCC(C)C)C(=O)c1cccs1. The molecule has 0 spiro atoms. The van der Waals surface area contributed by atoms with Crippen molar-refractivity contribution in [3.63, 3.8) is 0 Å². The number of methoxy groups -OCH3 is 1. The molecule has 0 amide bonds. The maximum absolute atomic E-state index is 12.2. The van der Waals surface area contributed by atoms with Crippen molar-refractivity contribution in [2.45, 2.75) is 26.3 Å². The minimum absolute atomic E-state index is 0.0453. The molecule has 0 fully saturated rings. The molecule has 1 rings (SSSR count). The summed E-state index contributed by atoms with van der Waals surface area (Å²) in [6.45, 7) is 4.80. The van der Waals surface area contributed by atoms with Gasteiger partial charge in [-0.2, -0.15) is 0 Å². The van der Waals surface area contributed by atoms with E-state index in [1.807, 2.05) is 11.4 Å². The van der Waals surface area contributed by atoms with Crippen molar-refractivity contribution in [2.75, 3.05) is 13.7 Å². The van der Waals surface area contributed by atoms with Gasteiger partial charge in [0, 0.05) is 0 Å². The molecule has 1 heterocycles. The second-order valence-corrected chi connectivity index (χ2v) is 5.42. The molecule has 0 aliphatic heterocycles. The quantitative estimate of drug-likeness (QED) is 0.608. The molecule has 1 atom stereocenters. The first-order valence-electron chi connectivity index (χ1n) is 5.92. The van der Waals surface area contributed by atoms with Gasteiger partial charge in [-0.15, -0.1) is 11.3 Å². The molecule has 0 aliphatic carbocycles. The van der Waals surface area contributed by atoms with Crippen LogP contribution in [0.3, 0.4) is 0 Å². The zero-order valence-electron chi connectivity index (χ0n) is 10.9. The summed E-state index contributed by atoms with van der Waals surface area (Å²) in [4.78, 5) is 24.2. The average Bonchev–Trinajstić information content (AvgIpc) is 2.86. The van der Waals surface area contributed by atoms with E-state index in [1.165, 1.54) is 18.4 Å². The molecule has 1 N–H and O–H groups in total. The van der Waals surface area contributed by atoms with E-state index in [1.54, 1.807) is 6.07 Å². The molecule has 0 aliphatic rings. The molecule has 1 unspecified atom stereocenters. The Morgan fingerprint density at radius 1 is 1.44 bits per heavy atom. The summed E-state index contributed by atoms with van der Waals surface area (Å²) in [6, 6.07) is 3.10. The number of rotatable bonds is 7. The highest BCUT2D eigenvalue weighted by Crippen LogP contribution is 2.13. The van der Waals surface area contributed by atoms with Gasteiger partial charge in [-0.25, -0.2) is 0 Å². The van der Waals surface area contributed by atoms with Gasteiger partial charge in [0.25, 0.3) is 0 Å². The Kier molecular flexibility index (Phi) is 6.01. The average molecular weight is 269 g/mol. The maximum atomic E-state index is 12.2. The zero-order valence-corrected chi connectivity index (χ0v) is 11.8. The van der Waals surface area contributed by atoms with E-state index >= 15 is 0 Å². The van der Waals surface area contributed by atoms with Crippen LogP contribution in [0.15, 0.2) is 17.5 Å². The standard InChI is InChI=1S/C13H19NO3S/c1-9(2)8-14-10(7-12(15)17-3)13(16)11-5-4-6-18-11/h4-6,9-10,14H,7-8H2,1-3H3. The van der Waals surface area contributed by atoms with Crippen molar-refractivity contribution in [1.82, 2.24) is 5.32 Å². The van der Waals surface area contributed by atoms with Gasteiger partial charge in [0.15, 0.2) is 5.78 Å². The number of nitrogens with one attached hydrogen (secondary N) is 1. The first-order valence-corrected chi connectivity index (χ1v) is 6.80. The van der Waals surface area contributed by atoms with Crippen LogP contribution in [0.25, 0.3) is 0 Å². The summed E-state index contributed by atoms with van der Waals surface area (Å²) in [5.41, 5.74) is 0. The summed E-state index contributed by atoms with van der Waals surface area (Å²) in [7, 11) is 1.33. The summed E-state index contributed by atoms with van der Waals surface area (Å²) in [5.74, 6) is -0.00139. The number of hydrogen-bond donors (Lipinski definition) is 1. The van der Waals surface area contributed by atoms with E-state index in [2.05, 4.69) is 23.9 Å². The molecule has 0 bridgehead atoms. The first kappa shape index (κ1) is 14.9. The Morgan fingerprint density at radius 3 is 2.67 bits per heavy atom. The zero-order chi connectivity index (χ0) is 13.5. The van der Waals surface area contributed by atoms with Crippen LogP contribution in [0.4, 0.5) is 0 Å². The Balaban J connectivity index is 2.69. The van der Waals surface area contributed by atoms with Crippen molar-refractivity contribution in [2.24, 2.45) is 5.92 Å². The monoisotopic (exact) mass is 269 g/mol. The number of thiophene rings is 1. The van der Waals surface area contributed by atoms with E-state index in [-0.39, 0.29) is 18.2 Å². The van der Waals surface area contributed by atoms with Crippen molar-refractivity contribution in [1.29, 1.82) is 0 Å². The van der Waals surface area contributed by atoms with Gasteiger partial charge >= 0.3 is 5.97 Å². The van der Waals surface area contributed by atoms with Crippen LogP contribution in [-0.4, -0.2) is 31.4 Å². The predicted molar refractivity (Wildman–Crippen MR) is 71.9 cm³/mol. The molecular formula is C13H19NO3S. The maximum Gasteiger partial charge on any atom is 0.307 e. The van der Waals surface area contributed by atoms with Gasteiger partial charge in [-0.3, -0.25) is 9.59 Å². The lowest BCUT2D eigenvalue weighted by Crippen LogP contribution is -2.40. The smallest absolute Gasteiger partial charge is 0.307 e. The van der Waals surface area contributed by atoms with E-state index < -0.39 is 6.04 Å². The van der Waals surface area contributed by atoms with E-state index in [0.29, 0.717) is 17.3 Å². The van der Waals surface area contributed by atoms with E-state index in [4.69, 9.17) is 0 Å². The van der Waals surface area contributed by atoms with Crippen LogP contribution in [0.5, 0.6) is 0 Å². The van der Waals surface area contributed by atoms with Crippen LogP contribution >= 0.6 is 11.3 Å². The van der Waals surface area contributed by atoms with Gasteiger partial charge in [0.2, 0.25) is 0 Å². The molecule has 0 aromatic carbocycles. The fraction of sp³-hybridized carbons (Fsp3) is 0.538. The Labute approximate surface area is 111 Å². The summed E-state index contributed by atoms with van der Waals surface area (Å²) < 4.78 is 4.63. The third kappa shape index (κ3) is 4.58. The fourth-order valence-electron chi connectivity index (χ4n) is 1.48. The second-order valence-electron chi connectivity index (χ2n) is 4.48. The second kappa shape index (κ2) is 7.28. The number of ketones is 1. The number of hydrogen-bond acceptors (Lipinski definition) is 5. The van der Waals surface area contributed by atoms with Crippen LogP contribution in [-0.2, 0) is 9.53 Å². The molecule has 5 heteroatoms. The third-order valence-electron chi connectivity index (χ3n) is 2.45. The molecule has 0 saturated heterocycles. The molecule has 1 aromatic rings. The molecule has 4 nitrogen and oxygen atoms in total. The lowest BCUT2D eigenvalue weighted by molar-refractivity contribution is -0.141. The molecule has 1 aromatic heterocycles. The van der Waals surface area contributed by atoms with Crippen molar-refractivity contribution in [3.05, 3.63) is 22.4 Å². The number of carbonyl (C=O) groups excluding carboxylic acids is 2. The van der Waals surface area contributed by atoms with E-state index in [9.17, 15) is 9.59 Å². The van der Waals surface area contributed by atoms with Crippen molar-refractivity contribution in [3.8, 4) is 0 Å². The Morgan fingerprint density at radius 2 is 2.17 bits per heavy atom. The van der Waals surface area contributed by atoms with Gasteiger partial charge < -0.3 is 10.1 Å². The molecule has 0 radical (unpaired) electrons. The highest BCUT2D eigenvalue weighted by Gasteiger charge is 2.23. The Hall–Kier alpha value is -1.20. The summed E-state index contributed by atoms with van der Waals surface area (Å²) >= 11 is 1.39. The minimum Gasteiger partial charge on any atom is -0.469 e. The van der Waals surface area contributed by atoms with Crippen molar-refractivity contribution >= 4 is 23.1 Å². The van der Waals surface area contributed by atoms with Crippen LogP contribution < -0.4 is 5.32 Å². The topological polar surface area (TPSA) is 55.4 Å². The summed E-state index contributed by atoms with van der Waals surface area (Å²) in [6.07, 6.45) is 0.0694. The van der Waals surface area contributed by atoms with E-state index in [0.717, 1.165) is 0 Å². The van der Waals surface area contributed by atoms with Gasteiger partial charge in [0.05, 0.1) is 24.4 Å². The molecular weight excluding hydrogens is 250 g/mol. The lowest BCUT2D eigenvalue weighted by atomic mass is 10.1. The predicted octanol–water partition coefficient (Wildman–Crippen LogP) is 2.11. The van der Waals surface area contributed by atoms with Gasteiger partial charge in [-0.1, -0.05) is 19.9 Å². The highest BCUT2D eigenvalue weighted by atomic mass is 32.1. The largest absolute Gasteiger partial charge is 0.469 e. The molecule has 0 saturated carbocycles. The third-order valence-corrected chi connectivity index (χ3v) is 3.34. The number of carbonyl (C=O) groups is 2. The normalized spacial score (nSPS) is 12.4. The number of esters is 1. The Bertz CT molecular complexity index is 387. The lowest BCUT2D eigenvalue weighted by Gasteiger charge is -2.17. The van der Waals surface area contributed by atoms with Crippen LogP contribution in [0, 0.1) is 5.92 Å². The summed E-state index contributed by atoms with van der Waals surface area (Å²) in [5, 5.41) is 4.98. The highest BCUT2D eigenvalue weighted by molar-refractivity contribution is 7.12. The van der Waals surface area contributed by atoms with Gasteiger partial charge in [0.1, 0.15) is 0 Å². The van der Waals surface area contributed by atoms with Crippen LogP contribution in [0.1, 0.15) is 29.9 Å². The number of ether oxygens (including phenoxy) is 1. The number of Topliss-reactive ketones (excluding diaryl/α,β-unsaturated/α-hetero) is 1. The first-order chi connectivity index (χ1) is 8.54. The fourth-order valence-corrected chi connectivity index (χ4v) is 2.20. The molecule has 100 valence electrons.